The van der Waals surface area contributed by atoms with Crippen LogP contribution in [-0.2, 0) is 14.3 Å². The number of carbonyl (C=O) groups excluding carboxylic acids is 2. The van der Waals surface area contributed by atoms with Crippen molar-refractivity contribution in [1.82, 2.24) is 9.80 Å². The number of ether oxygens (including phenoxy) is 3. The van der Waals surface area contributed by atoms with Crippen LogP contribution in [0.25, 0.3) is 5.76 Å². The second-order valence-electron chi connectivity index (χ2n) is 9.59. The Labute approximate surface area is 224 Å². The summed E-state index contributed by atoms with van der Waals surface area (Å²) in [7, 11) is 0. The highest BCUT2D eigenvalue weighted by Crippen LogP contribution is 2.40. The normalized spacial score (nSPS) is 19.6. The van der Waals surface area contributed by atoms with Gasteiger partial charge in [-0.3, -0.25) is 14.5 Å². The minimum atomic E-state index is -0.694. The summed E-state index contributed by atoms with van der Waals surface area (Å²) >= 11 is 0. The van der Waals surface area contributed by atoms with Crippen LogP contribution in [0.1, 0.15) is 50.3 Å². The van der Waals surface area contributed by atoms with Crippen molar-refractivity contribution in [3.8, 4) is 11.5 Å². The molecule has 2 fully saturated rings. The van der Waals surface area contributed by atoms with Crippen LogP contribution in [-0.4, -0.2) is 79.2 Å². The quantitative estimate of drug-likeness (QED) is 0.251. The number of amides is 1. The van der Waals surface area contributed by atoms with Crippen molar-refractivity contribution in [2.24, 2.45) is 0 Å². The molecule has 4 rings (SSSR count). The second-order valence-corrected chi connectivity index (χ2v) is 9.59. The van der Waals surface area contributed by atoms with E-state index in [4.69, 9.17) is 14.2 Å². The molecule has 0 radical (unpaired) electrons. The van der Waals surface area contributed by atoms with Gasteiger partial charge in [-0.05, 0) is 49.1 Å². The Morgan fingerprint density at radius 2 is 1.63 bits per heavy atom. The van der Waals surface area contributed by atoms with Gasteiger partial charge in [-0.15, -0.1) is 0 Å². The van der Waals surface area contributed by atoms with E-state index in [1.807, 2.05) is 44.2 Å². The van der Waals surface area contributed by atoms with Crippen molar-refractivity contribution in [3.05, 3.63) is 65.2 Å². The van der Waals surface area contributed by atoms with Crippen molar-refractivity contribution in [2.75, 3.05) is 52.6 Å². The fraction of sp³-hybridized carbons (Fsp3) is 0.467. The van der Waals surface area contributed by atoms with Gasteiger partial charge in [0.15, 0.2) is 0 Å². The summed E-state index contributed by atoms with van der Waals surface area (Å²) in [5.74, 6) is -0.143. The molecule has 1 N–H and O–H groups in total. The molecule has 0 saturated carbocycles. The van der Waals surface area contributed by atoms with Crippen molar-refractivity contribution < 1.29 is 28.9 Å². The zero-order valence-corrected chi connectivity index (χ0v) is 22.4. The van der Waals surface area contributed by atoms with E-state index < -0.39 is 17.7 Å². The van der Waals surface area contributed by atoms with E-state index in [0.717, 1.165) is 43.8 Å². The Hall–Kier alpha value is -3.36. The largest absolute Gasteiger partial charge is 0.507 e. The number of Topliss-reactive ketones (excluding diaryl/α,β-unsaturated/α-hetero) is 1. The van der Waals surface area contributed by atoms with Gasteiger partial charge < -0.3 is 24.2 Å². The third-order valence-corrected chi connectivity index (χ3v) is 6.77. The molecule has 1 unspecified atom stereocenters. The lowest BCUT2D eigenvalue weighted by Crippen LogP contribution is -2.38. The molecule has 0 bridgehead atoms. The predicted molar refractivity (Wildman–Crippen MR) is 145 cm³/mol. The van der Waals surface area contributed by atoms with Gasteiger partial charge in [-0.25, -0.2) is 0 Å². The van der Waals surface area contributed by atoms with E-state index in [0.29, 0.717) is 50.7 Å². The van der Waals surface area contributed by atoms with Gasteiger partial charge in [-0.1, -0.05) is 38.1 Å². The summed E-state index contributed by atoms with van der Waals surface area (Å²) in [6.07, 6.45) is 2.46. The van der Waals surface area contributed by atoms with Crippen LogP contribution in [0.4, 0.5) is 0 Å². The number of carbonyl (C=O) groups is 2. The summed E-state index contributed by atoms with van der Waals surface area (Å²) in [5, 5.41) is 11.4. The third kappa shape index (κ3) is 6.55. The van der Waals surface area contributed by atoms with Gasteiger partial charge in [0.25, 0.3) is 11.7 Å². The monoisotopic (exact) mass is 522 g/mol. The molecular formula is C30H38N2O6. The number of aliphatic hydroxyl groups is 1. The van der Waals surface area contributed by atoms with Gasteiger partial charge in [-0.2, -0.15) is 0 Å². The molecule has 2 aromatic carbocycles. The van der Waals surface area contributed by atoms with Crippen LogP contribution in [0.15, 0.2) is 54.1 Å². The number of hydrogen-bond acceptors (Lipinski definition) is 7. The molecular weight excluding hydrogens is 484 g/mol. The summed E-state index contributed by atoms with van der Waals surface area (Å²) < 4.78 is 16.9. The van der Waals surface area contributed by atoms with E-state index in [1.165, 1.54) is 0 Å². The van der Waals surface area contributed by atoms with Crippen LogP contribution >= 0.6 is 0 Å². The topological polar surface area (TPSA) is 88.5 Å². The summed E-state index contributed by atoms with van der Waals surface area (Å²) in [6.45, 7) is 9.55. The molecule has 0 aliphatic carbocycles. The predicted octanol–water partition coefficient (Wildman–Crippen LogP) is 4.41. The fourth-order valence-electron chi connectivity index (χ4n) is 4.82. The van der Waals surface area contributed by atoms with Crippen LogP contribution in [0.3, 0.4) is 0 Å². The van der Waals surface area contributed by atoms with Crippen molar-refractivity contribution in [1.29, 1.82) is 0 Å². The second kappa shape index (κ2) is 13.4. The van der Waals surface area contributed by atoms with Crippen LogP contribution in [0, 0.1) is 0 Å². The Morgan fingerprint density at radius 3 is 2.32 bits per heavy atom. The molecule has 1 amide bonds. The first kappa shape index (κ1) is 27.7. The number of nitrogens with zero attached hydrogens (tertiary/aromatic N) is 2. The molecule has 8 nitrogen and oxygen atoms in total. The van der Waals surface area contributed by atoms with E-state index in [-0.39, 0.29) is 11.3 Å². The Morgan fingerprint density at radius 1 is 0.947 bits per heavy atom. The molecule has 2 aromatic rings. The van der Waals surface area contributed by atoms with Crippen molar-refractivity contribution in [3.63, 3.8) is 0 Å². The maximum atomic E-state index is 13.4. The van der Waals surface area contributed by atoms with E-state index >= 15 is 0 Å². The first-order valence-electron chi connectivity index (χ1n) is 13.6. The zero-order valence-electron chi connectivity index (χ0n) is 22.4. The SMILES string of the molecule is CCCOc1ccc(C2/C(=C(\O)c3cccc(OCCC)c3)C(=O)C(=O)N2CCCN2CCOCC2)cc1. The van der Waals surface area contributed by atoms with Crippen LogP contribution in [0.5, 0.6) is 11.5 Å². The van der Waals surface area contributed by atoms with Crippen molar-refractivity contribution in [2.45, 2.75) is 39.2 Å². The third-order valence-electron chi connectivity index (χ3n) is 6.77. The van der Waals surface area contributed by atoms with Crippen LogP contribution in [0.2, 0.25) is 0 Å². The summed E-state index contributed by atoms with van der Waals surface area (Å²) in [5.41, 5.74) is 1.29. The number of benzene rings is 2. The molecule has 2 aliphatic rings. The highest BCUT2D eigenvalue weighted by atomic mass is 16.5. The van der Waals surface area contributed by atoms with Gasteiger partial charge in [0, 0.05) is 31.7 Å². The van der Waals surface area contributed by atoms with Gasteiger partial charge in [0.1, 0.15) is 17.3 Å². The van der Waals surface area contributed by atoms with Gasteiger partial charge in [0.05, 0.1) is 38.0 Å². The number of hydrogen-bond donors (Lipinski definition) is 1. The lowest BCUT2D eigenvalue weighted by Gasteiger charge is -2.29. The first-order valence-corrected chi connectivity index (χ1v) is 13.6. The van der Waals surface area contributed by atoms with E-state index in [9.17, 15) is 14.7 Å². The molecule has 8 heteroatoms. The minimum absolute atomic E-state index is 0.0937. The smallest absolute Gasteiger partial charge is 0.295 e. The molecule has 2 aliphatic heterocycles. The van der Waals surface area contributed by atoms with E-state index in [2.05, 4.69) is 4.90 Å². The first-order chi connectivity index (χ1) is 18.5. The highest BCUT2D eigenvalue weighted by Gasteiger charge is 2.45. The van der Waals surface area contributed by atoms with Gasteiger partial charge in [0.2, 0.25) is 0 Å². The maximum absolute atomic E-state index is 13.4. The summed E-state index contributed by atoms with van der Waals surface area (Å²) in [6, 6.07) is 13.7. The standard InChI is InChI=1S/C30H38N2O6/c1-3-17-37-24-11-9-22(10-12-24)27-26(28(33)23-7-5-8-25(21-23)38-18-4-2)29(34)30(35)32(27)14-6-13-31-15-19-36-20-16-31/h5,7-12,21,27,33H,3-4,6,13-20H2,1-2H3/b28-26+. The molecule has 2 heterocycles. The van der Waals surface area contributed by atoms with E-state index in [1.54, 1.807) is 23.1 Å². The zero-order chi connectivity index (χ0) is 26.9. The van der Waals surface area contributed by atoms with Crippen molar-refractivity contribution >= 4 is 17.4 Å². The number of likely N-dealkylation sites (tertiary alicyclic amines) is 1. The molecule has 38 heavy (non-hydrogen) atoms. The number of rotatable bonds is 12. The number of aliphatic hydroxyl groups excluding tert-OH is 1. The molecule has 2 saturated heterocycles. The molecule has 0 spiro atoms. The number of morpholine rings is 1. The minimum Gasteiger partial charge on any atom is -0.507 e. The van der Waals surface area contributed by atoms with Gasteiger partial charge >= 0.3 is 0 Å². The molecule has 0 aromatic heterocycles. The number of ketones is 1. The fourth-order valence-corrected chi connectivity index (χ4v) is 4.82. The lowest BCUT2D eigenvalue weighted by atomic mass is 9.95. The summed E-state index contributed by atoms with van der Waals surface area (Å²) in [4.78, 5) is 30.5. The Bertz CT molecular complexity index is 1120. The molecule has 204 valence electrons. The average molecular weight is 523 g/mol. The Kier molecular flexibility index (Phi) is 9.79. The maximum Gasteiger partial charge on any atom is 0.295 e. The average Bonchev–Trinajstić information content (AvgIpc) is 3.20. The van der Waals surface area contributed by atoms with Crippen LogP contribution < -0.4 is 9.47 Å². The molecule has 1 atom stereocenters. The Balaban J connectivity index is 1.65. The highest BCUT2D eigenvalue weighted by molar-refractivity contribution is 6.46. The lowest BCUT2D eigenvalue weighted by molar-refractivity contribution is -0.140.